The second-order valence-electron chi connectivity index (χ2n) is 5.21. The lowest BCUT2D eigenvalue weighted by molar-refractivity contribution is 0.260. The molecule has 0 aliphatic heterocycles. The van der Waals surface area contributed by atoms with Crippen molar-refractivity contribution in [1.29, 1.82) is 0 Å². The van der Waals surface area contributed by atoms with Crippen molar-refractivity contribution in [2.45, 2.75) is 32.4 Å². The Morgan fingerprint density at radius 1 is 1.35 bits per heavy atom. The van der Waals surface area contributed by atoms with E-state index in [-0.39, 0.29) is 0 Å². The van der Waals surface area contributed by atoms with E-state index in [1.807, 2.05) is 11.8 Å². The van der Waals surface area contributed by atoms with E-state index in [1.165, 1.54) is 15.8 Å². The monoisotopic (exact) mass is 358 g/mol. The fraction of sp³-hybridized carbons (Fsp3) is 0.625. The summed E-state index contributed by atoms with van der Waals surface area (Å²) in [6.45, 7) is 6.58. The molecule has 0 fully saturated rings. The summed E-state index contributed by atoms with van der Waals surface area (Å²) in [4.78, 5) is 2.46. The molecule has 1 rings (SSSR count). The summed E-state index contributed by atoms with van der Waals surface area (Å²) >= 11 is 5.59. The van der Waals surface area contributed by atoms with Crippen LogP contribution in [0, 0.1) is 0 Å². The highest BCUT2D eigenvalue weighted by molar-refractivity contribution is 9.10. The SMILES string of the molecule is CCNC(CCN(C)C(C)CSC)c1ccccc1Br. The molecule has 0 saturated heterocycles. The molecule has 0 aliphatic carbocycles. The Bertz CT molecular complexity index is 386. The molecular formula is C16H27BrN2S. The van der Waals surface area contributed by atoms with Crippen LogP contribution in [-0.2, 0) is 0 Å². The molecular weight excluding hydrogens is 332 g/mol. The number of rotatable bonds is 9. The molecule has 0 spiro atoms. The molecule has 2 nitrogen and oxygen atoms in total. The normalized spacial score (nSPS) is 14.5. The van der Waals surface area contributed by atoms with Gasteiger partial charge in [0, 0.05) is 22.3 Å². The number of hydrogen-bond donors (Lipinski definition) is 1. The first-order valence-electron chi connectivity index (χ1n) is 7.27. The number of nitrogens with zero attached hydrogens (tertiary/aromatic N) is 1. The molecule has 0 saturated carbocycles. The van der Waals surface area contributed by atoms with Crippen molar-refractivity contribution in [2.75, 3.05) is 32.1 Å². The van der Waals surface area contributed by atoms with Gasteiger partial charge in [-0.25, -0.2) is 0 Å². The maximum Gasteiger partial charge on any atom is 0.0343 e. The van der Waals surface area contributed by atoms with Crippen LogP contribution in [0.2, 0.25) is 0 Å². The molecule has 0 bridgehead atoms. The molecule has 0 radical (unpaired) electrons. The molecule has 0 aliphatic rings. The van der Waals surface area contributed by atoms with Crippen molar-refractivity contribution in [3.63, 3.8) is 0 Å². The van der Waals surface area contributed by atoms with Gasteiger partial charge in [0.15, 0.2) is 0 Å². The van der Waals surface area contributed by atoms with Crippen LogP contribution in [0.1, 0.15) is 31.9 Å². The van der Waals surface area contributed by atoms with Gasteiger partial charge in [-0.05, 0) is 51.4 Å². The molecule has 1 aromatic carbocycles. The maximum atomic E-state index is 3.67. The van der Waals surface area contributed by atoms with Crippen LogP contribution in [-0.4, -0.2) is 43.1 Å². The van der Waals surface area contributed by atoms with Crippen molar-refractivity contribution in [2.24, 2.45) is 0 Å². The van der Waals surface area contributed by atoms with E-state index < -0.39 is 0 Å². The fourth-order valence-corrected chi connectivity index (χ4v) is 3.59. The van der Waals surface area contributed by atoms with E-state index >= 15 is 0 Å². The number of hydrogen-bond acceptors (Lipinski definition) is 3. The van der Waals surface area contributed by atoms with Crippen LogP contribution < -0.4 is 5.32 Å². The molecule has 20 heavy (non-hydrogen) atoms. The molecule has 2 unspecified atom stereocenters. The van der Waals surface area contributed by atoms with Gasteiger partial charge in [-0.2, -0.15) is 11.8 Å². The van der Waals surface area contributed by atoms with Crippen molar-refractivity contribution in [3.8, 4) is 0 Å². The number of nitrogens with one attached hydrogen (secondary N) is 1. The van der Waals surface area contributed by atoms with E-state index in [0.29, 0.717) is 12.1 Å². The Labute approximate surface area is 136 Å². The van der Waals surface area contributed by atoms with Crippen molar-refractivity contribution >= 4 is 27.7 Å². The van der Waals surface area contributed by atoms with Gasteiger partial charge in [-0.15, -0.1) is 0 Å². The van der Waals surface area contributed by atoms with Gasteiger partial charge in [-0.1, -0.05) is 41.1 Å². The zero-order valence-corrected chi connectivity index (χ0v) is 15.4. The Balaban J connectivity index is 2.62. The van der Waals surface area contributed by atoms with Crippen LogP contribution in [0.15, 0.2) is 28.7 Å². The van der Waals surface area contributed by atoms with E-state index in [1.54, 1.807) is 0 Å². The summed E-state index contributed by atoms with van der Waals surface area (Å²) in [6.07, 6.45) is 3.30. The van der Waals surface area contributed by atoms with Gasteiger partial charge in [0.05, 0.1) is 0 Å². The molecule has 1 N–H and O–H groups in total. The molecule has 0 amide bonds. The summed E-state index contributed by atoms with van der Waals surface area (Å²) in [5, 5.41) is 3.60. The second kappa shape index (κ2) is 9.82. The minimum Gasteiger partial charge on any atom is -0.310 e. The highest BCUT2D eigenvalue weighted by atomic mass is 79.9. The highest BCUT2D eigenvalue weighted by Gasteiger charge is 2.15. The third-order valence-electron chi connectivity index (χ3n) is 3.66. The zero-order chi connectivity index (χ0) is 15.0. The molecule has 1 aromatic rings. The lowest BCUT2D eigenvalue weighted by Crippen LogP contribution is -2.34. The summed E-state index contributed by atoms with van der Waals surface area (Å²) in [7, 11) is 2.23. The summed E-state index contributed by atoms with van der Waals surface area (Å²) in [5.41, 5.74) is 1.36. The number of halogens is 1. The molecule has 114 valence electrons. The third-order valence-corrected chi connectivity index (χ3v) is 5.20. The minimum absolute atomic E-state index is 0.416. The van der Waals surface area contributed by atoms with Gasteiger partial charge in [0.1, 0.15) is 0 Å². The summed E-state index contributed by atoms with van der Waals surface area (Å²) in [6, 6.07) is 9.57. The molecule has 2 atom stereocenters. The Hall–Kier alpha value is -0.0300. The summed E-state index contributed by atoms with van der Waals surface area (Å²) < 4.78 is 1.20. The van der Waals surface area contributed by atoms with Crippen molar-refractivity contribution in [1.82, 2.24) is 10.2 Å². The molecule has 0 aromatic heterocycles. The fourth-order valence-electron chi connectivity index (χ4n) is 2.29. The number of benzene rings is 1. The van der Waals surface area contributed by atoms with Crippen LogP contribution >= 0.6 is 27.7 Å². The van der Waals surface area contributed by atoms with Crippen LogP contribution in [0.25, 0.3) is 0 Å². The topological polar surface area (TPSA) is 15.3 Å². The van der Waals surface area contributed by atoms with E-state index in [4.69, 9.17) is 0 Å². The van der Waals surface area contributed by atoms with E-state index in [9.17, 15) is 0 Å². The Morgan fingerprint density at radius 3 is 2.65 bits per heavy atom. The quantitative estimate of drug-likeness (QED) is 0.712. The van der Waals surface area contributed by atoms with Crippen LogP contribution in [0.5, 0.6) is 0 Å². The number of thioether (sulfide) groups is 1. The third kappa shape index (κ3) is 5.76. The van der Waals surface area contributed by atoms with E-state index in [0.717, 1.165) is 19.5 Å². The predicted octanol–water partition coefficient (Wildman–Crippen LogP) is 4.17. The van der Waals surface area contributed by atoms with Crippen LogP contribution in [0.3, 0.4) is 0 Å². The Kier molecular flexibility index (Phi) is 8.85. The molecule has 0 heterocycles. The first kappa shape index (κ1) is 18.0. The van der Waals surface area contributed by atoms with Crippen molar-refractivity contribution < 1.29 is 0 Å². The molecule has 4 heteroatoms. The van der Waals surface area contributed by atoms with E-state index in [2.05, 4.69) is 77.6 Å². The average molecular weight is 359 g/mol. The highest BCUT2D eigenvalue weighted by Crippen LogP contribution is 2.25. The van der Waals surface area contributed by atoms with Gasteiger partial charge in [0.25, 0.3) is 0 Å². The second-order valence-corrected chi connectivity index (χ2v) is 6.97. The van der Waals surface area contributed by atoms with Gasteiger partial charge in [0.2, 0.25) is 0 Å². The lowest BCUT2D eigenvalue weighted by atomic mass is 10.0. The first-order chi connectivity index (χ1) is 9.60. The standard InChI is InChI=1S/C16H27BrN2S/c1-5-18-16(14-8-6-7-9-15(14)17)10-11-19(3)13(2)12-20-4/h6-9,13,16,18H,5,10-12H2,1-4H3. The first-order valence-corrected chi connectivity index (χ1v) is 9.45. The predicted molar refractivity (Wildman–Crippen MR) is 95.7 cm³/mol. The van der Waals surface area contributed by atoms with Crippen LogP contribution in [0.4, 0.5) is 0 Å². The maximum absolute atomic E-state index is 3.67. The minimum atomic E-state index is 0.416. The zero-order valence-electron chi connectivity index (χ0n) is 13.0. The summed E-state index contributed by atoms with van der Waals surface area (Å²) in [5.74, 6) is 1.19. The van der Waals surface area contributed by atoms with Gasteiger partial charge >= 0.3 is 0 Å². The van der Waals surface area contributed by atoms with Gasteiger partial charge in [-0.3, -0.25) is 0 Å². The lowest BCUT2D eigenvalue weighted by Gasteiger charge is -2.27. The van der Waals surface area contributed by atoms with Crippen molar-refractivity contribution in [3.05, 3.63) is 34.3 Å². The average Bonchev–Trinajstić information content (AvgIpc) is 2.44. The Morgan fingerprint density at radius 2 is 2.05 bits per heavy atom. The largest absolute Gasteiger partial charge is 0.310 e. The van der Waals surface area contributed by atoms with Gasteiger partial charge < -0.3 is 10.2 Å². The smallest absolute Gasteiger partial charge is 0.0343 e.